The van der Waals surface area contributed by atoms with Crippen molar-refractivity contribution in [2.45, 2.75) is 181 Å². The number of H-pyrrole nitrogens is 1. The SMILES string of the molecule is C/C(=C\c1csc(C)n1)C1CC2C(CCCC(C)C(O)C(C)C(=O)C(C)(C)[C@@H](O)C(C)C(=O)O1)N2CCOC(=O)OCCSSCC(C)C(=O)O.CNC(=O)C(CC(=O)O)NC(=O)C(CCCN=C(N)N)NC(=O)C(CC(=O)O)NC(=O)CCC(NC(=O)c1ccc(NCc2cnc3nc(N)[nH]c(=O)c3n2)cc1)C(=O)O. The van der Waals surface area contributed by atoms with E-state index in [0.29, 0.717) is 42.3 Å². The highest BCUT2D eigenvalue weighted by Gasteiger charge is 2.50. The number of cyclic esters (lactones) is 1. The number of likely N-dealkylation sites (N-methyl/N-ethyl adjacent to an activating group) is 1. The van der Waals surface area contributed by atoms with Crippen LogP contribution in [0.4, 0.5) is 16.4 Å². The molecule has 14 atom stereocenters. The van der Waals surface area contributed by atoms with Gasteiger partial charge in [0.15, 0.2) is 17.1 Å². The maximum atomic E-state index is 13.6. The van der Waals surface area contributed by atoms with Crippen LogP contribution < -0.4 is 54.7 Å². The number of aliphatic carboxylic acids is 4. The summed E-state index contributed by atoms with van der Waals surface area (Å²) in [4.78, 5) is 187. The van der Waals surface area contributed by atoms with Crippen LogP contribution in [0.1, 0.15) is 139 Å². The number of nitrogens with one attached hydrogen (secondary N) is 7. The predicted molar refractivity (Wildman–Crippen MR) is 409 cm³/mol. The Morgan fingerprint density at radius 2 is 1.47 bits per heavy atom. The Morgan fingerprint density at radius 1 is 0.820 bits per heavy atom. The smallest absolute Gasteiger partial charge is 0.481 e. The van der Waals surface area contributed by atoms with E-state index in [2.05, 4.69) is 66.7 Å². The minimum absolute atomic E-state index is 0.0129. The van der Waals surface area contributed by atoms with Crippen molar-refractivity contribution in [1.29, 1.82) is 0 Å². The number of ether oxygens (including phenoxy) is 3. The number of amides is 5. The summed E-state index contributed by atoms with van der Waals surface area (Å²) in [5, 5.41) is 76.9. The number of carbonyl (C=O) groups excluding carboxylic acids is 8. The second-order valence-electron chi connectivity index (χ2n) is 27.3. The van der Waals surface area contributed by atoms with Crippen LogP contribution in [0.3, 0.4) is 0 Å². The van der Waals surface area contributed by atoms with Crippen molar-refractivity contribution in [3.05, 3.63) is 73.7 Å². The van der Waals surface area contributed by atoms with Crippen LogP contribution in [0.5, 0.6) is 0 Å². The van der Waals surface area contributed by atoms with Crippen molar-refractivity contribution >= 4 is 139 Å². The van der Waals surface area contributed by atoms with Gasteiger partial charge in [0.25, 0.3) is 11.5 Å². The van der Waals surface area contributed by atoms with Gasteiger partial charge in [-0.15, -0.1) is 11.3 Å². The van der Waals surface area contributed by atoms with E-state index in [0.717, 1.165) is 29.1 Å². The summed E-state index contributed by atoms with van der Waals surface area (Å²) in [5.74, 6) is -12.8. The number of benzene rings is 1. The molecular weight excluding hydrogens is 1510 g/mol. The maximum Gasteiger partial charge on any atom is 0.508 e. The number of guanidine groups is 1. The number of aromatic nitrogens is 5. The van der Waals surface area contributed by atoms with Gasteiger partial charge in [0, 0.05) is 79.1 Å². The Labute approximate surface area is 650 Å². The van der Waals surface area contributed by atoms with Gasteiger partial charge in [0.2, 0.25) is 29.6 Å². The molecule has 111 heavy (non-hydrogen) atoms. The molecule has 610 valence electrons. The van der Waals surface area contributed by atoms with Crippen molar-refractivity contribution in [3.63, 3.8) is 0 Å². The summed E-state index contributed by atoms with van der Waals surface area (Å²) in [6, 6.07) is -0.492. The van der Waals surface area contributed by atoms with Crippen LogP contribution in [0.25, 0.3) is 17.2 Å². The number of rotatable bonds is 35. The zero-order valence-electron chi connectivity index (χ0n) is 62.9. The van der Waals surface area contributed by atoms with Crippen molar-refractivity contribution in [2.24, 2.45) is 45.5 Å². The van der Waals surface area contributed by atoms with Crippen molar-refractivity contribution in [3.8, 4) is 0 Å². The van der Waals surface area contributed by atoms with Gasteiger partial charge in [-0.1, -0.05) is 62.6 Å². The van der Waals surface area contributed by atoms with E-state index in [-0.39, 0.29) is 91.6 Å². The molecule has 4 aromatic rings. The number of aliphatic hydroxyl groups excluding tert-OH is 2. The lowest BCUT2D eigenvalue weighted by Gasteiger charge is -2.36. The zero-order valence-corrected chi connectivity index (χ0v) is 65.4. The van der Waals surface area contributed by atoms with Gasteiger partial charge >= 0.3 is 36.0 Å². The molecule has 0 spiro atoms. The molecule has 13 unspecified atom stereocenters. The molecule has 3 aromatic heterocycles. The lowest BCUT2D eigenvalue weighted by atomic mass is 9.71. The largest absolute Gasteiger partial charge is 0.508 e. The minimum atomic E-state index is -1.80. The quantitative estimate of drug-likeness (QED) is 0.00781. The topological polar surface area (TPSA) is 604 Å². The predicted octanol–water partition coefficient (Wildman–Crippen LogP) is 1.95. The summed E-state index contributed by atoms with van der Waals surface area (Å²) < 4.78 is 16.7. The standard InChI is InChI=1S/C36H56N2O10S3.C34H44N14O12/c1-20-10-9-11-27-28(38(27)12-13-46-35(45)47-14-15-50-51-18-22(3)33(42)43)17-29(21(2)16-26-19-49-25(6)37-26)48-34(44)24(5)32(41)36(7,8)31(40)23(4)30(20)39;1-38-28(55)20(11-23(50)51)46-29(56)18(3-2-10-39-33(35)36)44-30(57)21(12-24(52)53)43-22(49)9-8-19(32(59)60)45-27(54)15-4-6-16(7-5-15)40-13-17-14-41-26-25(42-17)31(58)48-34(37)47-26/h16,19-20,22-24,27-30,32,39,41H,9-15,17-18H2,1-8H3,(H,42,43);4-7,14,18-21,40H,2-3,8-13H2,1H3,(H,38,55)(H,43,49)(H,44,57)(H,45,54)(H,46,56)(H,50,51)(H,52,53)(H,59,60)(H4,35,36,39)(H3,37,41,47,48,58)/b21-16+;/t20?,22?,23?,24?,27?,28?,29?,30?,32-,38?;/m0./s1. The molecule has 0 bridgehead atoms. The highest BCUT2D eigenvalue weighted by Crippen LogP contribution is 2.40. The number of carbonyl (C=O) groups is 12. The monoisotopic (exact) mass is 1610 g/mol. The van der Waals surface area contributed by atoms with Crippen LogP contribution in [-0.2, 0) is 68.7 Å². The van der Waals surface area contributed by atoms with Crippen LogP contribution >= 0.6 is 32.9 Å². The summed E-state index contributed by atoms with van der Waals surface area (Å²) in [7, 11) is 4.06. The molecule has 38 nitrogen and oxygen atoms in total. The fourth-order valence-electron chi connectivity index (χ4n) is 11.9. The number of hydrogen-bond acceptors (Lipinski definition) is 29. The molecule has 0 saturated carbocycles. The zero-order chi connectivity index (χ0) is 82.6. The Hall–Kier alpha value is -10.1. The number of fused-ring (bicyclic) bond motifs is 2. The van der Waals surface area contributed by atoms with Crippen molar-refractivity contribution < 1.29 is 102 Å². The lowest BCUT2D eigenvalue weighted by molar-refractivity contribution is -0.162. The Kier molecular flexibility index (Phi) is 36.3. The number of anilines is 2. The number of nitrogen functional groups attached to an aromatic ring is 1. The van der Waals surface area contributed by atoms with E-state index in [1.807, 2.05) is 32.2 Å². The molecule has 2 saturated heterocycles. The van der Waals surface area contributed by atoms with E-state index >= 15 is 0 Å². The van der Waals surface area contributed by atoms with Gasteiger partial charge in [-0.3, -0.25) is 67.6 Å². The number of ketones is 1. The van der Waals surface area contributed by atoms with Gasteiger partial charge in [-0.2, -0.15) is 4.98 Å². The van der Waals surface area contributed by atoms with Crippen molar-refractivity contribution in [1.82, 2.24) is 56.4 Å². The van der Waals surface area contributed by atoms with Crippen LogP contribution in [0, 0.1) is 36.0 Å². The number of Topliss-reactive ketones (excluding diaryl/α,β-unsaturated/α-hetero) is 1. The van der Waals surface area contributed by atoms with Crippen LogP contribution in [-0.4, -0.2) is 237 Å². The maximum absolute atomic E-state index is 13.6. The number of thiazole rings is 1. The molecule has 6 rings (SSSR count). The third-order valence-electron chi connectivity index (χ3n) is 18.3. The van der Waals surface area contributed by atoms with Gasteiger partial charge < -0.3 is 94.0 Å². The lowest BCUT2D eigenvalue weighted by Crippen LogP contribution is -2.57. The first-order chi connectivity index (χ1) is 52.3. The first kappa shape index (κ1) is 91.5. The second kappa shape index (κ2) is 44.1. The summed E-state index contributed by atoms with van der Waals surface area (Å²) in [5.41, 5.74) is 16.9. The molecule has 0 aliphatic carbocycles. The molecule has 2 aliphatic rings. The molecule has 41 heteroatoms. The van der Waals surface area contributed by atoms with Gasteiger partial charge in [-0.25, -0.2) is 24.5 Å². The molecule has 19 N–H and O–H groups in total. The van der Waals surface area contributed by atoms with E-state index in [1.165, 1.54) is 70.4 Å². The third kappa shape index (κ3) is 29.6. The first-order valence-electron chi connectivity index (χ1n) is 35.5. The average molecular weight is 1610 g/mol. The number of carboxylic acid groups (broad SMARTS) is 4. The van der Waals surface area contributed by atoms with E-state index < -0.39 is 162 Å². The van der Waals surface area contributed by atoms with Crippen LogP contribution in [0.2, 0.25) is 0 Å². The summed E-state index contributed by atoms with van der Waals surface area (Å²) in [6.07, 6.45) is -0.576. The van der Waals surface area contributed by atoms with Gasteiger partial charge in [0.05, 0.1) is 71.4 Å². The van der Waals surface area contributed by atoms with Crippen LogP contribution in [0.15, 0.2) is 51.2 Å². The van der Waals surface area contributed by atoms with Crippen molar-refractivity contribution in [2.75, 3.05) is 55.9 Å². The number of aromatic amines is 1. The molecule has 5 heterocycles. The normalized spacial score (nSPS) is 21.2. The molecule has 0 radical (unpaired) electrons. The van der Waals surface area contributed by atoms with E-state index in [4.69, 9.17) is 36.5 Å². The van der Waals surface area contributed by atoms with Gasteiger partial charge in [0.1, 0.15) is 49.3 Å². The summed E-state index contributed by atoms with van der Waals surface area (Å²) >= 11 is 1.52. The molecular formula is C70H100N16O22S3. The van der Waals surface area contributed by atoms with Gasteiger partial charge in [-0.05, 0) is 94.7 Å². The number of nitrogens with two attached hydrogens (primary N) is 3. The van der Waals surface area contributed by atoms with E-state index in [9.17, 15) is 87.9 Å². The Morgan fingerprint density at radius 3 is 2.09 bits per heavy atom. The van der Waals surface area contributed by atoms with E-state index in [1.54, 1.807) is 34.6 Å². The number of esters is 1. The molecule has 1 aromatic carbocycles. The fourth-order valence-corrected chi connectivity index (χ4v) is 14.6. The highest BCUT2D eigenvalue weighted by molar-refractivity contribution is 8.76. The first-order valence-corrected chi connectivity index (χ1v) is 38.9. The Balaban J connectivity index is 0.000000402. The summed E-state index contributed by atoms with van der Waals surface area (Å²) in [6.45, 7) is 14.7. The number of nitrogens with zero attached hydrogens (tertiary/aromatic N) is 6. The molecule has 5 amide bonds. The number of aliphatic hydroxyl groups is 2. The number of aliphatic imine (C=N–C) groups is 1. The highest BCUT2D eigenvalue weighted by atomic mass is 33.1. The number of carboxylic acids is 4. The number of aryl methyl sites for hydroxylation is 1. The molecule has 2 fully saturated rings. The minimum Gasteiger partial charge on any atom is -0.481 e. The fraction of sp³-hybridized carbons (Fsp3) is 0.571. The second-order valence-corrected chi connectivity index (χ2v) is 31.0. The third-order valence-corrected chi connectivity index (χ3v) is 21.7. The number of hydrogen-bond donors (Lipinski definition) is 16. The Bertz CT molecular complexity index is 4050. The molecule has 2 aliphatic heterocycles. The average Bonchev–Trinajstić information content (AvgIpc) is 1.66.